The maximum atomic E-state index is 2.39. The summed E-state index contributed by atoms with van der Waals surface area (Å²) < 4.78 is 0. The molecular formula is C54H44N2. The Morgan fingerprint density at radius 2 is 0.750 bits per heavy atom. The molecule has 0 heterocycles. The zero-order chi connectivity index (χ0) is 38.1. The van der Waals surface area contributed by atoms with Crippen molar-refractivity contribution < 1.29 is 0 Å². The van der Waals surface area contributed by atoms with Crippen LogP contribution in [0.25, 0.3) is 34.4 Å². The van der Waals surface area contributed by atoms with Crippen LogP contribution < -0.4 is 9.80 Å². The first-order chi connectivity index (χ1) is 27.4. The van der Waals surface area contributed by atoms with E-state index in [9.17, 15) is 0 Å². The van der Waals surface area contributed by atoms with Crippen LogP contribution in [0.5, 0.6) is 0 Å². The predicted octanol–water partition coefficient (Wildman–Crippen LogP) is 15.1. The van der Waals surface area contributed by atoms with Crippen molar-refractivity contribution in [2.75, 3.05) is 9.80 Å². The summed E-state index contributed by atoms with van der Waals surface area (Å²) in [7, 11) is 0. The van der Waals surface area contributed by atoms with E-state index in [1.807, 2.05) is 0 Å². The lowest BCUT2D eigenvalue weighted by Crippen LogP contribution is -2.16. The second-order valence-corrected chi connectivity index (χ2v) is 15.2. The first-order valence-corrected chi connectivity index (χ1v) is 19.4. The van der Waals surface area contributed by atoms with Crippen LogP contribution in [-0.4, -0.2) is 0 Å². The summed E-state index contributed by atoms with van der Waals surface area (Å²) in [5, 5.41) is 0. The molecule has 0 fully saturated rings. The molecule has 2 heteroatoms. The van der Waals surface area contributed by atoms with E-state index in [-0.39, 0.29) is 5.41 Å². The molecule has 9 rings (SSSR count). The summed E-state index contributed by atoms with van der Waals surface area (Å²) >= 11 is 0. The van der Waals surface area contributed by atoms with Crippen molar-refractivity contribution in [1.29, 1.82) is 0 Å². The second kappa shape index (κ2) is 14.7. The molecule has 56 heavy (non-hydrogen) atoms. The topological polar surface area (TPSA) is 6.48 Å². The number of rotatable bonds is 9. The van der Waals surface area contributed by atoms with E-state index < -0.39 is 0 Å². The maximum Gasteiger partial charge on any atom is 0.0465 e. The molecule has 0 atom stereocenters. The van der Waals surface area contributed by atoms with E-state index in [0.717, 1.165) is 39.7 Å². The molecule has 0 radical (unpaired) electrons. The van der Waals surface area contributed by atoms with E-state index in [0.29, 0.717) is 0 Å². The third-order valence-electron chi connectivity index (χ3n) is 11.1. The van der Waals surface area contributed by atoms with E-state index in [2.05, 4.69) is 243 Å². The fourth-order valence-electron chi connectivity index (χ4n) is 8.09. The number of hydrogen-bond donors (Lipinski definition) is 0. The molecule has 8 aromatic rings. The van der Waals surface area contributed by atoms with Crippen molar-refractivity contribution in [1.82, 2.24) is 0 Å². The highest BCUT2D eigenvalue weighted by Gasteiger charge is 2.36. The van der Waals surface area contributed by atoms with Crippen LogP contribution >= 0.6 is 0 Å². The molecule has 0 bridgehead atoms. The van der Waals surface area contributed by atoms with E-state index in [1.54, 1.807) is 0 Å². The molecule has 270 valence electrons. The number of fused-ring (bicyclic) bond motifs is 3. The lowest BCUT2D eigenvalue weighted by molar-refractivity contribution is 0.660. The van der Waals surface area contributed by atoms with Gasteiger partial charge in [0.2, 0.25) is 0 Å². The molecule has 0 amide bonds. The first-order valence-electron chi connectivity index (χ1n) is 19.4. The van der Waals surface area contributed by atoms with Gasteiger partial charge in [0.25, 0.3) is 0 Å². The quantitative estimate of drug-likeness (QED) is 0.137. The molecule has 0 saturated heterocycles. The molecule has 0 unspecified atom stereocenters. The van der Waals surface area contributed by atoms with Crippen LogP contribution in [0.2, 0.25) is 0 Å². The van der Waals surface area contributed by atoms with E-state index in [1.165, 1.54) is 44.5 Å². The molecule has 0 aliphatic heterocycles. The average molecular weight is 721 g/mol. The molecule has 0 saturated carbocycles. The van der Waals surface area contributed by atoms with Crippen molar-refractivity contribution >= 4 is 46.3 Å². The zero-order valence-corrected chi connectivity index (χ0v) is 32.1. The highest BCUT2D eigenvalue weighted by atomic mass is 15.1. The number of hydrogen-bond acceptors (Lipinski definition) is 2. The summed E-state index contributed by atoms with van der Waals surface area (Å²) in [6, 6.07) is 72.2. The lowest BCUT2D eigenvalue weighted by Gasteiger charge is -2.28. The largest absolute Gasteiger partial charge is 0.311 e. The van der Waals surface area contributed by atoms with Gasteiger partial charge in [-0.2, -0.15) is 0 Å². The van der Waals surface area contributed by atoms with Gasteiger partial charge >= 0.3 is 0 Å². The Balaban J connectivity index is 0.981. The molecule has 0 spiro atoms. The van der Waals surface area contributed by atoms with Gasteiger partial charge in [0.15, 0.2) is 0 Å². The minimum absolute atomic E-state index is 0.149. The Labute approximate surface area is 331 Å². The van der Waals surface area contributed by atoms with Gasteiger partial charge in [-0.05, 0) is 124 Å². The molecular weight excluding hydrogens is 677 g/mol. The third kappa shape index (κ3) is 6.71. The summed E-state index contributed by atoms with van der Waals surface area (Å²) in [5.41, 5.74) is 18.1. The van der Waals surface area contributed by atoms with Crippen LogP contribution in [0.4, 0.5) is 34.1 Å². The van der Waals surface area contributed by atoms with Crippen LogP contribution in [0.1, 0.15) is 41.7 Å². The van der Waals surface area contributed by atoms with Crippen LogP contribution in [-0.2, 0) is 5.41 Å². The molecule has 1 aliphatic carbocycles. The maximum absolute atomic E-state index is 2.39. The Morgan fingerprint density at radius 3 is 1.34 bits per heavy atom. The predicted molar refractivity (Wildman–Crippen MR) is 239 cm³/mol. The van der Waals surface area contributed by atoms with Crippen molar-refractivity contribution in [3.63, 3.8) is 0 Å². The van der Waals surface area contributed by atoms with Crippen molar-refractivity contribution in [2.24, 2.45) is 0 Å². The second-order valence-electron chi connectivity index (χ2n) is 15.2. The van der Waals surface area contributed by atoms with E-state index >= 15 is 0 Å². The number of para-hydroxylation sites is 2. The number of benzene rings is 8. The minimum atomic E-state index is -0.149. The molecule has 2 nitrogen and oxygen atoms in total. The standard InChI is InChI=1S/C54H44N2/c1-39-19-28-46(29-20-39)55(48-32-26-43(27-33-48)42-13-7-4-8-14-42)47-30-23-40(24-31-47)21-22-41-25-35-50-51-36-34-49(38-53(51)54(2,3)52(50)37-41)56(44-15-9-5-10-16-44)45-17-11-6-12-18-45/h4-38H,1-3H3/b22-21+. The Morgan fingerprint density at radius 1 is 0.357 bits per heavy atom. The summed E-state index contributed by atoms with van der Waals surface area (Å²) in [4.78, 5) is 4.67. The summed E-state index contributed by atoms with van der Waals surface area (Å²) in [5.74, 6) is 0. The Bertz CT molecular complexity index is 2580. The smallest absolute Gasteiger partial charge is 0.0465 e. The van der Waals surface area contributed by atoms with Crippen molar-refractivity contribution in [3.05, 3.63) is 228 Å². The third-order valence-corrected chi connectivity index (χ3v) is 11.1. The lowest BCUT2D eigenvalue weighted by atomic mass is 9.81. The van der Waals surface area contributed by atoms with Gasteiger partial charge in [0.05, 0.1) is 0 Å². The average Bonchev–Trinajstić information content (AvgIpc) is 3.47. The van der Waals surface area contributed by atoms with Crippen molar-refractivity contribution in [3.8, 4) is 22.3 Å². The number of anilines is 6. The van der Waals surface area contributed by atoms with Gasteiger partial charge in [-0.15, -0.1) is 0 Å². The van der Waals surface area contributed by atoms with Gasteiger partial charge in [-0.1, -0.05) is 159 Å². The zero-order valence-electron chi connectivity index (χ0n) is 32.1. The van der Waals surface area contributed by atoms with Crippen molar-refractivity contribution in [2.45, 2.75) is 26.2 Å². The fraction of sp³-hybridized carbons (Fsp3) is 0.0741. The number of nitrogens with zero attached hydrogens (tertiary/aromatic N) is 2. The van der Waals surface area contributed by atoms with Crippen LogP contribution in [0.3, 0.4) is 0 Å². The molecule has 8 aromatic carbocycles. The highest BCUT2D eigenvalue weighted by molar-refractivity contribution is 5.87. The van der Waals surface area contributed by atoms with Gasteiger partial charge in [-0.25, -0.2) is 0 Å². The summed E-state index contributed by atoms with van der Waals surface area (Å²) in [6.45, 7) is 6.85. The van der Waals surface area contributed by atoms with Gasteiger partial charge < -0.3 is 9.80 Å². The van der Waals surface area contributed by atoms with Crippen LogP contribution in [0.15, 0.2) is 200 Å². The monoisotopic (exact) mass is 720 g/mol. The SMILES string of the molecule is Cc1ccc(N(c2ccc(/C=C/c3ccc4c(c3)C(C)(C)c3cc(N(c5ccccc5)c5ccccc5)ccc3-4)cc2)c2ccc(-c3ccccc3)cc2)cc1. The molecule has 0 N–H and O–H groups in total. The fourth-order valence-corrected chi connectivity index (χ4v) is 8.09. The summed E-state index contributed by atoms with van der Waals surface area (Å²) in [6.07, 6.45) is 4.47. The molecule has 0 aromatic heterocycles. The van der Waals surface area contributed by atoms with Gasteiger partial charge in [-0.3, -0.25) is 0 Å². The Hall–Kier alpha value is -6.90. The van der Waals surface area contributed by atoms with E-state index in [4.69, 9.17) is 0 Å². The first kappa shape index (κ1) is 34.8. The highest BCUT2D eigenvalue weighted by Crippen LogP contribution is 2.51. The van der Waals surface area contributed by atoms with Crippen LogP contribution in [0, 0.1) is 6.92 Å². The normalized spacial score (nSPS) is 12.6. The Kier molecular flexibility index (Phi) is 9.17. The van der Waals surface area contributed by atoms with Gasteiger partial charge in [0.1, 0.15) is 0 Å². The molecule has 1 aliphatic rings. The minimum Gasteiger partial charge on any atom is -0.311 e. The van der Waals surface area contributed by atoms with Gasteiger partial charge in [0, 0.05) is 39.5 Å². The number of aryl methyl sites for hydroxylation is 1.